The van der Waals surface area contributed by atoms with Crippen LogP contribution >= 0.6 is 0 Å². The van der Waals surface area contributed by atoms with Gasteiger partial charge in [0.05, 0.1) is 31.0 Å². The highest BCUT2D eigenvalue weighted by Gasteiger charge is 2.34. The van der Waals surface area contributed by atoms with Gasteiger partial charge in [0.2, 0.25) is 0 Å². The van der Waals surface area contributed by atoms with E-state index < -0.39 is 5.72 Å². The largest absolute Gasteiger partial charge is 0.469 e. The molecule has 0 N–H and O–H groups in total. The molecule has 0 saturated heterocycles. The van der Waals surface area contributed by atoms with Gasteiger partial charge in [-0.1, -0.05) is 12.1 Å². The molecule has 7 heteroatoms. The van der Waals surface area contributed by atoms with Crippen molar-refractivity contribution < 1.29 is 14.3 Å². The number of fused-ring (bicyclic) bond motifs is 2. The molecule has 0 aliphatic carbocycles. The summed E-state index contributed by atoms with van der Waals surface area (Å²) < 4.78 is 12.8. The first-order valence-corrected chi connectivity index (χ1v) is 9.17. The molecule has 4 rings (SSSR count). The molecule has 3 aromatic rings. The highest BCUT2D eigenvalue weighted by atomic mass is 16.5. The number of carbonyl (C=O) groups is 1. The number of aryl methyl sites for hydroxylation is 2. The van der Waals surface area contributed by atoms with E-state index in [0.717, 1.165) is 39.5 Å². The van der Waals surface area contributed by atoms with Crippen LogP contribution in [0.15, 0.2) is 41.7 Å². The lowest BCUT2D eigenvalue weighted by molar-refractivity contribution is -0.141. The molecule has 1 aliphatic heterocycles. The maximum absolute atomic E-state index is 11.6. The highest BCUT2D eigenvalue weighted by Crippen LogP contribution is 2.35. The first-order valence-electron chi connectivity index (χ1n) is 9.17. The minimum Gasteiger partial charge on any atom is -0.469 e. The Kier molecular flexibility index (Phi) is 4.37. The van der Waals surface area contributed by atoms with Gasteiger partial charge in [-0.2, -0.15) is 5.10 Å². The van der Waals surface area contributed by atoms with Gasteiger partial charge in [0.15, 0.2) is 11.4 Å². The number of ether oxygens (including phenoxy) is 2. The molecule has 0 fully saturated rings. The third-order valence-electron chi connectivity index (χ3n) is 5.11. The van der Waals surface area contributed by atoms with Crippen molar-refractivity contribution in [2.75, 3.05) is 7.11 Å². The molecule has 1 aliphatic rings. The molecule has 0 amide bonds. The molecule has 1 aromatic carbocycles. The molecule has 28 heavy (non-hydrogen) atoms. The number of para-hydroxylation sites is 1. The second kappa shape index (κ2) is 6.74. The van der Waals surface area contributed by atoms with Gasteiger partial charge in [-0.15, -0.1) is 0 Å². The molecule has 3 heterocycles. The summed E-state index contributed by atoms with van der Waals surface area (Å²) in [5.74, 6) is 0.437. The molecule has 1 unspecified atom stereocenters. The van der Waals surface area contributed by atoms with Gasteiger partial charge in [0, 0.05) is 23.9 Å². The van der Waals surface area contributed by atoms with Crippen LogP contribution in [0.5, 0.6) is 5.75 Å². The Labute approximate surface area is 163 Å². The third kappa shape index (κ3) is 3.02. The first kappa shape index (κ1) is 18.2. The number of aliphatic imine (C=N–C) groups is 1. The number of carbonyl (C=O) groups excluding carboxylic acids is 1. The van der Waals surface area contributed by atoms with Crippen LogP contribution < -0.4 is 4.74 Å². The van der Waals surface area contributed by atoms with Crippen molar-refractivity contribution in [2.24, 2.45) is 4.99 Å². The molecule has 7 nitrogen and oxygen atoms in total. The summed E-state index contributed by atoms with van der Waals surface area (Å²) in [5.41, 5.74) is 4.45. The maximum atomic E-state index is 11.6. The van der Waals surface area contributed by atoms with Crippen molar-refractivity contribution in [3.05, 3.63) is 59.0 Å². The summed E-state index contributed by atoms with van der Waals surface area (Å²) in [6.45, 7) is 5.90. The molecule has 0 bridgehead atoms. The zero-order valence-corrected chi connectivity index (χ0v) is 16.4. The molecule has 0 radical (unpaired) electrons. The summed E-state index contributed by atoms with van der Waals surface area (Å²) in [7, 11) is 1.38. The zero-order valence-electron chi connectivity index (χ0n) is 16.4. The molecular weight excluding hydrogens is 356 g/mol. The van der Waals surface area contributed by atoms with Gasteiger partial charge in [-0.05, 0) is 38.5 Å². The van der Waals surface area contributed by atoms with Crippen LogP contribution in [-0.2, 0) is 9.53 Å². The minimum atomic E-state index is -0.883. The number of methoxy groups -OCH3 is 1. The maximum Gasteiger partial charge on any atom is 0.305 e. The van der Waals surface area contributed by atoms with Crippen molar-refractivity contribution in [3.63, 3.8) is 0 Å². The van der Waals surface area contributed by atoms with Crippen molar-refractivity contribution in [1.82, 2.24) is 14.6 Å². The van der Waals surface area contributed by atoms with E-state index in [1.165, 1.54) is 7.11 Å². The predicted molar refractivity (Wildman–Crippen MR) is 105 cm³/mol. The van der Waals surface area contributed by atoms with Gasteiger partial charge in [-0.25, -0.2) is 14.5 Å². The Balaban J connectivity index is 1.85. The number of aromatic nitrogens is 3. The van der Waals surface area contributed by atoms with E-state index >= 15 is 0 Å². The summed E-state index contributed by atoms with van der Waals surface area (Å²) in [4.78, 5) is 21.1. The second-order valence-corrected chi connectivity index (χ2v) is 7.13. The molecule has 144 valence electrons. The number of hydrogen-bond donors (Lipinski definition) is 0. The van der Waals surface area contributed by atoms with E-state index in [1.54, 1.807) is 6.20 Å². The van der Waals surface area contributed by atoms with Crippen molar-refractivity contribution >= 4 is 17.3 Å². The molecule has 1 atom stereocenters. The fourth-order valence-electron chi connectivity index (χ4n) is 3.35. The summed E-state index contributed by atoms with van der Waals surface area (Å²) in [6, 6.07) is 7.75. The topological polar surface area (TPSA) is 78.1 Å². The quantitative estimate of drug-likeness (QED) is 0.651. The smallest absolute Gasteiger partial charge is 0.305 e. The number of hydrogen-bond acceptors (Lipinski definition) is 6. The monoisotopic (exact) mass is 378 g/mol. The van der Waals surface area contributed by atoms with Crippen molar-refractivity contribution in [3.8, 4) is 5.75 Å². The van der Waals surface area contributed by atoms with Crippen LogP contribution in [0.25, 0.3) is 5.65 Å². The first-order chi connectivity index (χ1) is 13.4. The third-order valence-corrected chi connectivity index (χ3v) is 5.11. The minimum absolute atomic E-state index is 0.220. The van der Waals surface area contributed by atoms with E-state index in [4.69, 9.17) is 14.5 Å². The van der Waals surface area contributed by atoms with Crippen LogP contribution in [0.4, 0.5) is 0 Å². The molecular formula is C21H22N4O3. The van der Waals surface area contributed by atoms with E-state index in [-0.39, 0.29) is 12.4 Å². The number of benzene rings is 1. The fraction of sp³-hybridized carbons (Fsp3) is 0.333. The van der Waals surface area contributed by atoms with Gasteiger partial charge in [0.25, 0.3) is 0 Å². The Bertz CT molecular complexity index is 1100. The molecule has 0 spiro atoms. The Hall–Kier alpha value is -3.22. The number of rotatable bonds is 4. The lowest BCUT2D eigenvalue weighted by atomic mass is 9.99. The van der Waals surface area contributed by atoms with Crippen LogP contribution in [0.1, 0.15) is 42.1 Å². The Morgan fingerprint density at radius 2 is 2.00 bits per heavy atom. The highest BCUT2D eigenvalue weighted by molar-refractivity contribution is 6.18. The van der Waals surface area contributed by atoms with E-state index in [2.05, 4.69) is 10.1 Å². The van der Waals surface area contributed by atoms with E-state index in [1.807, 2.05) is 55.7 Å². The summed E-state index contributed by atoms with van der Waals surface area (Å²) in [5, 5.41) is 4.52. The van der Waals surface area contributed by atoms with Gasteiger partial charge >= 0.3 is 5.97 Å². The molecule has 2 aromatic heterocycles. The summed E-state index contributed by atoms with van der Waals surface area (Å²) >= 11 is 0. The Morgan fingerprint density at radius 3 is 2.79 bits per heavy atom. The van der Waals surface area contributed by atoms with Gasteiger partial charge in [0.1, 0.15) is 5.75 Å². The van der Waals surface area contributed by atoms with Crippen LogP contribution in [-0.4, -0.2) is 39.1 Å². The Morgan fingerprint density at radius 1 is 1.21 bits per heavy atom. The van der Waals surface area contributed by atoms with E-state index in [9.17, 15) is 4.79 Å². The summed E-state index contributed by atoms with van der Waals surface area (Å²) in [6.07, 6.45) is 4.26. The van der Waals surface area contributed by atoms with Crippen LogP contribution in [0.3, 0.4) is 0 Å². The average Bonchev–Trinajstić information content (AvgIpc) is 3.13. The normalized spacial score (nSPS) is 18.4. The van der Waals surface area contributed by atoms with Gasteiger partial charge < -0.3 is 9.47 Å². The number of nitrogens with zero attached hydrogens (tertiary/aromatic N) is 4. The lowest BCUT2D eigenvalue weighted by Gasteiger charge is -2.32. The fourth-order valence-corrected chi connectivity index (χ4v) is 3.35. The zero-order chi connectivity index (χ0) is 19.9. The second-order valence-electron chi connectivity index (χ2n) is 7.13. The lowest BCUT2D eigenvalue weighted by Crippen LogP contribution is -2.36. The predicted octanol–water partition coefficient (Wildman–Crippen LogP) is 3.25. The SMILES string of the molecule is COC(=O)CCC1(C)N=C(c2cnn3c(C)c(C)cnc23)c2ccccc2O1. The average molecular weight is 378 g/mol. The van der Waals surface area contributed by atoms with Crippen molar-refractivity contribution in [2.45, 2.75) is 39.3 Å². The van der Waals surface area contributed by atoms with E-state index in [0.29, 0.717) is 6.42 Å². The van der Waals surface area contributed by atoms with Crippen LogP contribution in [0.2, 0.25) is 0 Å². The number of esters is 1. The van der Waals surface area contributed by atoms with Crippen LogP contribution in [0, 0.1) is 13.8 Å². The molecule has 0 saturated carbocycles. The van der Waals surface area contributed by atoms with Crippen molar-refractivity contribution in [1.29, 1.82) is 0 Å². The standard InChI is InChI=1S/C21H22N4O3/c1-13-11-22-20-16(12-23-25(20)14(13)2)19-15-7-5-6-8-17(15)28-21(3,24-19)10-9-18(26)27-4/h5-8,11-12H,9-10H2,1-4H3. The van der Waals surface area contributed by atoms with Gasteiger partial charge in [-0.3, -0.25) is 4.79 Å².